The van der Waals surface area contributed by atoms with E-state index in [1.807, 2.05) is 56.1 Å². The van der Waals surface area contributed by atoms with Crippen LogP contribution in [0.15, 0.2) is 30.3 Å². The van der Waals surface area contributed by atoms with E-state index in [1.165, 1.54) is 0 Å². The maximum atomic E-state index is 12.7. The molecule has 1 amide bonds. The lowest BCUT2D eigenvalue weighted by molar-refractivity contribution is -0.135. The number of nitrogens with zero attached hydrogens (tertiary/aromatic N) is 1. The highest BCUT2D eigenvalue weighted by Gasteiger charge is 2.36. The summed E-state index contributed by atoms with van der Waals surface area (Å²) in [6.07, 6.45) is 1.11. The van der Waals surface area contributed by atoms with Crippen LogP contribution in [0.3, 0.4) is 0 Å². The molecule has 1 atom stereocenters. The van der Waals surface area contributed by atoms with Crippen molar-refractivity contribution in [1.29, 1.82) is 0 Å². The van der Waals surface area contributed by atoms with E-state index in [0.29, 0.717) is 5.92 Å². The minimum Gasteiger partial charge on any atom is -0.342 e. The fourth-order valence-corrected chi connectivity index (χ4v) is 2.85. The lowest BCUT2D eigenvalue weighted by atomic mass is 9.83. The summed E-state index contributed by atoms with van der Waals surface area (Å²) in [5.74, 6) is 0.845. The Morgan fingerprint density at radius 3 is 2.68 bits per heavy atom. The van der Waals surface area contributed by atoms with E-state index < -0.39 is 5.41 Å². The van der Waals surface area contributed by atoms with Crippen molar-refractivity contribution in [3.8, 4) is 0 Å². The molecule has 0 saturated carbocycles. The van der Waals surface area contributed by atoms with Crippen molar-refractivity contribution in [1.82, 2.24) is 10.2 Å². The first kappa shape index (κ1) is 14.1. The molecule has 1 aromatic rings. The van der Waals surface area contributed by atoms with Gasteiger partial charge in [0.25, 0.3) is 0 Å². The van der Waals surface area contributed by atoms with E-state index in [1.54, 1.807) is 0 Å². The second-order valence-corrected chi connectivity index (χ2v) is 5.95. The van der Waals surface area contributed by atoms with Gasteiger partial charge in [0.05, 0.1) is 5.41 Å². The van der Waals surface area contributed by atoms with Crippen molar-refractivity contribution < 1.29 is 4.79 Å². The van der Waals surface area contributed by atoms with Crippen molar-refractivity contribution >= 4 is 5.91 Å². The van der Waals surface area contributed by atoms with Crippen LogP contribution in [0.2, 0.25) is 0 Å². The number of carbonyl (C=O) groups excluding carboxylic acids is 1. The van der Waals surface area contributed by atoms with Crippen molar-refractivity contribution in [3.05, 3.63) is 35.9 Å². The second-order valence-electron chi connectivity index (χ2n) is 5.95. The van der Waals surface area contributed by atoms with Gasteiger partial charge in [-0.2, -0.15) is 0 Å². The van der Waals surface area contributed by atoms with Crippen LogP contribution in [-0.4, -0.2) is 37.5 Å². The Labute approximate surface area is 116 Å². The van der Waals surface area contributed by atoms with Gasteiger partial charge in [-0.05, 0) is 45.3 Å². The van der Waals surface area contributed by atoms with Crippen molar-refractivity contribution in [2.24, 2.45) is 5.92 Å². The van der Waals surface area contributed by atoms with Crippen LogP contribution < -0.4 is 5.32 Å². The van der Waals surface area contributed by atoms with Gasteiger partial charge in [0, 0.05) is 13.1 Å². The van der Waals surface area contributed by atoms with E-state index in [4.69, 9.17) is 0 Å². The van der Waals surface area contributed by atoms with Gasteiger partial charge < -0.3 is 10.2 Å². The first-order valence-electron chi connectivity index (χ1n) is 7.05. The summed E-state index contributed by atoms with van der Waals surface area (Å²) < 4.78 is 0. The average Bonchev–Trinajstić information content (AvgIpc) is 2.88. The molecule has 0 bridgehead atoms. The van der Waals surface area contributed by atoms with Crippen molar-refractivity contribution in [3.63, 3.8) is 0 Å². The summed E-state index contributed by atoms with van der Waals surface area (Å²) in [5, 5.41) is 3.20. The quantitative estimate of drug-likeness (QED) is 0.898. The van der Waals surface area contributed by atoms with Crippen LogP contribution >= 0.6 is 0 Å². The summed E-state index contributed by atoms with van der Waals surface area (Å²) in [6, 6.07) is 10.1. The Morgan fingerprint density at radius 2 is 2.05 bits per heavy atom. The highest BCUT2D eigenvalue weighted by molar-refractivity contribution is 5.87. The molecule has 1 saturated heterocycles. The van der Waals surface area contributed by atoms with Gasteiger partial charge in [-0.25, -0.2) is 0 Å². The Bertz CT molecular complexity index is 428. The number of hydrogen-bond donors (Lipinski definition) is 1. The molecule has 104 valence electrons. The number of benzene rings is 1. The molecular weight excluding hydrogens is 236 g/mol. The number of rotatable bonds is 4. The zero-order valence-electron chi connectivity index (χ0n) is 12.1. The van der Waals surface area contributed by atoms with E-state index in [-0.39, 0.29) is 5.91 Å². The molecule has 0 spiro atoms. The third kappa shape index (κ3) is 2.98. The SMILES string of the molecule is CNCC1CCN(C(=O)C(C)(C)c2ccccc2)C1. The van der Waals surface area contributed by atoms with Gasteiger partial charge in [0.2, 0.25) is 5.91 Å². The highest BCUT2D eigenvalue weighted by Crippen LogP contribution is 2.28. The van der Waals surface area contributed by atoms with E-state index in [2.05, 4.69) is 5.32 Å². The van der Waals surface area contributed by atoms with Crippen LogP contribution in [0.1, 0.15) is 25.8 Å². The van der Waals surface area contributed by atoms with Gasteiger partial charge in [-0.15, -0.1) is 0 Å². The van der Waals surface area contributed by atoms with Crippen LogP contribution in [0.5, 0.6) is 0 Å². The van der Waals surface area contributed by atoms with E-state index in [0.717, 1.165) is 31.6 Å². The molecule has 0 aromatic heterocycles. The highest BCUT2D eigenvalue weighted by atomic mass is 16.2. The van der Waals surface area contributed by atoms with Crippen molar-refractivity contribution in [2.75, 3.05) is 26.7 Å². The number of likely N-dealkylation sites (tertiary alicyclic amines) is 1. The first-order chi connectivity index (χ1) is 9.05. The molecular formula is C16H24N2O. The molecule has 1 fully saturated rings. The molecule has 0 radical (unpaired) electrons. The summed E-state index contributed by atoms with van der Waals surface area (Å²) in [4.78, 5) is 14.7. The third-order valence-corrected chi connectivity index (χ3v) is 4.10. The summed E-state index contributed by atoms with van der Waals surface area (Å²) in [5.41, 5.74) is 0.660. The lowest BCUT2D eigenvalue weighted by Gasteiger charge is -2.29. The largest absolute Gasteiger partial charge is 0.342 e. The maximum absolute atomic E-state index is 12.7. The molecule has 1 heterocycles. The van der Waals surface area contributed by atoms with Crippen LogP contribution in [0, 0.1) is 5.92 Å². The smallest absolute Gasteiger partial charge is 0.232 e. The van der Waals surface area contributed by atoms with Crippen LogP contribution in [-0.2, 0) is 10.2 Å². The molecule has 1 aliphatic heterocycles. The Balaban J connectivity index is 2.07. The monoisotopic (exact) mass is 260 g/mol. The van der Waals surface area contributed by atoms with Gasteiger partial charge in [-0.1, -0.05) is 30.3 Å². The predicted molar refractivity (Wildman–Crippen MR) is 78.1 cm³/mol. The molecule has 3 nitrogen and oxygen atoms in total. The zero-order chi connectivity index (χ0) is 13.9. The molecule has 2 rings (SSSR count). The Morgan fingerprint density at radius 1 is 1.37 bits per heavy atom. The second kappa shape index (κ2) is 5.74. The van der Waals surface area contributed by atoms with Crippen LogP contribution in [0.4, 0.5) is 0 Å². The summed E-state index contributed by atoms with van der Waals surface area (Å²) >= 11 is 0. The topological polar surface area (TPSA) is 32.3 Å². The van der Waals surface area contributed by atoms with Gasteiger partial charge in [0.1, 0.15) is 0 Å². The molecule has 0 aliphatic carbocycles. The maximum Gasteiger partial charge on any atom is 0.232 e. The zero-order valence-corrected chi connectivity index (χ0v) is 12.1. The number of hydrogen-bond acceptors (Lipinski definition) is 2. The molecule has 3 heteroatoms. The number of carbonyl (C=O) groups is 1. The minimum atomic E-state index is -0.435. The number of nitrogens with one attached hydrogen (secondary N) is 1. The minimum absolute atomic E-state index is 0.248. The first-order valence-corrected chi connectivity index (χ1v) is 7.05. The fourth-order valence-electron chi connectivity index (χ4n) is 2.85. The third-order valence-electron chi connectivity index (χ3n) is 4.10. The van der Waals surface area contributed by atoms with Gasteiger partial charge in [0.15, 0.2) is 0 Å². The molecule has 19 heavy (non-hydrogen) atoms. The normalized spacial score (nSPS) is 19.7. The Hall–Kier alpha value is -1.35. The Kier molecular flexibility index (Phi) is 4.25. The average molecular weight is 260 g/mol. The molecule has 1 unspecified atom stereocenters. The van der Waals surface area contributed by atoms with Crippen molar-refractivity contribution in [2.45, 2.75) is 25.7 Å². The molecule has 1 aliphatic rings. The number of amides is 1. The fraction of sp³-hybridized carbons (Fsp3) is 0.562. The van der Waals surface area contributed by atoms with Crippen LogP contribution in [0.25, 0.3) is 0 Å². The standard InChI is InChI=1S/C16H24N2O/c1-16(2,14-7-5-4-6-8-14)15(19)18-10-9-13(12-18)11-17-3/h4-8,13,17H,9-12H2,1-3H3. The summed E-state index contributed by atoms with van der Waals surface area (Å²) in [7, 11) is 1.97. The van der Waals surface area contributed by atoms with Gasteiger partial charge in [-0.3, -0.25) is 4.79 Å². The molecule has 1 aromatic carbocycles. The molecule has 1 N–H and O–H groups in total. The predicted octanol–water partition coefficient (Wildman–Crippen LogP) is 2.03. The van der Waals surface area contributed by atoms with E-state index >= 15 is 0 Å². The van der Waals surface area contributed by atoms with E-state index in [9.17, 15) is 4.79 Å². The lowest BCUT2D eigenvalue weighted by Crippen LogP contribution is -2.42. The summed E-state index contributed by atoms with van der Waals surface area (Å²) in [6.45, 7) is 6.82. The van der Waals surface area contributed by atoms with Gasteiger partial charge >= 0.3 is 0 Å².